The number of esters is 1. The van der Waals surface area contributed by atoms with Crippen molar-refractivity contribution >= 4 is 17.8 Å². The second-order valence-corrected chi connectivity index (χ2v) is 7.90. The first-order valence-electron chi connectivity index (χ1n) is 11.0. The quantitative estimate of drug-likeness (QED) is 0.388. The van der Waals surface area contributed by atoms with Crippen LogP contribution >= 0.6 is 0 Å². The Hall–Kier alpha value is -4.33. The van der Waals surface area contributed by atoms with E-state index in [0.717, 1.165) is 11.1 Å². The minimum absolute atomic E-state index is 0.0940. The summed E-state index contributed by atoms with van der Waals surface area (Å²) in [4.78, 5) is 38.6. The molecule has 0 spiro atoms. The molecule has 3 rings (SSSR count). The molecule has 3 N–H and O–H groups in total. The maximum atomic E-state index is 13.3. The number of aromatic hydroxyl groups is 1. The largest absolute Gasteiger partial charge is 0.508 e. The van der Waals surface area contributed by atoms with Gasteiger partial charge in [-0.1, -0.05) is 42.5 Å². The van der Waals surface area contributed by atoms with Crippen molar-refractivity contribution in [2.45, 2.75) is 24.9 Å². The van der Waals surface area contributed by atoms with Gasteiger partial charge in [-0.3, -0.25) is 9.59 Å². The van der Waals surface area contributed by atoms with Crippen LogP contribution in [-0.4, -0.2) is 49.2 Å². The molecule has 2 amide bonds. The average molecular weight is 477 g/mol. The van der Waals surface area contributed by atoms with E-state index in [4.69, 9.17) is 9.47 Å². The van der Waals surface area contributed by atoms with E-state index in [2.05, 4.69) is 10.6 Å². The van der Waals surface area contributed by atoms with Crippen LogP contribution in [0.3, 0.4) is 0 Å². The number of hydrogen-bond donors (Lipinski definition) is 3. The first kappa shape index (κ1) is 25.3. The van der Waals surface area contributed by atoms with Crippen LogP contribution in [0.2, 0.25) is 0 Å². The number of rotatable bonds is 10. The fourth-order valence-electron chi connectivity index (χ4n) is 3.52. The third kappa shape index (κ3) is 7.33. The SMILES string of the molecule is COC(=O)C(Cc1ccc(O)cc1)NC(=O)C(Cc1ccccc1)NC(=O)c1ccc(OC)cc1. The molecule has 2 unspecified atom stereocenters. The van der Waals surface area contributed by atoms with Crippen molar-refractivity contribution in [1.29, 1.82) is 0 Å². The molecule has 3 aromatic carbocycles. The van der Waals surface area contributed by atoms with Gasteiger partial charge in [0.15, 0.2) is 0 Å². The van der Waals surface area contributed by atoms with E-state index in [0.29, 0.717) is 11.3 Å². The summed E-state index contributed by atoms with van der Waals surface area (Å²) in [6, 6.07) is 20.2. The molecule has 0 bridgehead atoms. The number of phenols is 1. The molecule has 0 aromatic heterocycles. The smallest absolute Gasteiger partial charge is 0.328 e. The van der Waals surface area contributed by atoms with Crippen molar-refractivity contribution in [2.75, 3.05) is 14.2 Å². The van der Waals surface area contributed by atoms with E-state index < -0.39 is 29.9 Å². The number of benzene rings is 3. The summed E-state index contributed by atoms with van der Waals surface area (Å²) in [5, 5.41) is 15.0. The highest BCUT2D eigenvalue weighted by Crippen LogP contribution is 2.14. The van der Waals surface area contributed by atoms with Crippen molar-refractivity contribution in [3.63, 3.8) is 0 Å². The summed E-state index contributed by atoms with van der Waals surface area (Å²) >= 11 is 0. The number of carbonyl (C=O) groups is 3. The molecule has 0 aliphatic rings. The zero-order valence-corrected chi connectivity index (χ0v) is 19.6. The zero-order valence-electron chi connectivity index (χ0n) is 19.6. The second kappa shape index (κ2) is 12.2. The van der Waals surface area contributed by atoms with Crippen LogP contribution in [0.25, 0.3) is 0 Å². The van der Waals surface area contributed by atoms with Crippen molar-refractivity contribution in [3.05, 3.63) is 95.6 Å². The van der Waals surface area contributed by atoms with Gasteiger partial charge in [0.25, 0.3) is 5.91 Å². The van der Waals surface area contributed by atoms with Gasteiger partial charge in [0.2, 0.25) is 5.91 Å². The Labute approximate surface area is 203 Å². The molecule has 0 heterocycles. The third-order valence-corrected chi connectivity index (χ3v) is 5.44. The lowest BCUT2D eigenvalue weighted by Gasteiger charge is -2.23. The van der Waals surface area contributed by atoms with Crippen LogP contribution in [0.1, 0.15) is 21.5 Å². The number of nitrogens with one attached hydrogen (secondary N) is 2. The molecule has 35 heavy (non-hydrogen) atoms. The summed E-state index contributed by atoms with van der Waals surface area (Å²) < 4.78 is 10.0. The summed E-state index contributed by atoms with van der Waals surface area (Å²) in [6.45, 7) is 0. The van der Waals surface area contributed by atoms with Gasteiger partial charge in [-0.05, 0) is 47.5 Å². The number of ether oxygens (including phenoxy) is 2. The van der Waals surface area contributed by atoms with E-state index >= 15 is 0 Å². The highest BCUT2D eigenvalue weighted by atomic mass is 16.5. The standard InChI is InChI=1S/C27H28N2O6/c1-34-22-14-10-20(11-15-22)25(31)28-23(16-18-6-4-3-5-7-18)26(32)29-24(27(33)35-2)17-19-8-12-21(30)13-9-19/h3-15,23-24,30H,16-17H2,1-2H3,(H,28,31)(H,29,32). The van der Waals surface area contributed by atoms with E-state index in [9.17, 15) is 19.5 Å². The summed E-state index contributed by atoms with van der Waals surface area (Å²) in [7, 11) is 2.77. The summed E-state index contributed by atoms with van der Waals surface area (Å²) in [5.74, 6) is -0.875. The lowest BCUT2D eigenvalue weighted by atomic mass is 10.0. The molecule has 8 heteroatoms. The topological polar surface area (TPSA) is 114 Å². The molecule has 0 saturated heterocycles. The summed E-state index contributed by atoms with van der Waals surface area (Å²) in [6.07, 6.45) is 0.380. The van der Waals surface area contributed by atoms with Gasteiger partial charge in [0, 0.05) is 18.4 Å². The maximum Gasteiger partial charge on any atom is 0.328 e. The van der Waals surface area contributed by atoms with Gasteiger partial charge >= 0.3 is 5.97 Å². The minimum Gasteiger partial charge on any atom is -0.508 e. The van der Waals surface area contributed by atoms with Crippen LogP contribution < -0.4 is 15.4 Å². The van der Waals surface area contributed by atoms with E-state index in [1.165, 1.54) is 26.4 Å². The van der Waals surface area contributed by atoms with Gasteiger partial charge in [0.05, 0.1) is 14.2 Å². The monoisotopic (exact) mass is 476 g/mol. The van der Waals surface area contributed by atoms with Gasteiger partial charge in [-0.15, -0.1) is 0 Å². The molecule has 0 aliphatic carbocycles. The third-order valence-electron chi connectivity index (χ3n) is 5.44. The van der Waals surface area contributed by atoms with Crippen LogP contribution in [0, 0.1) is 0 Å². The zero-order chi connectivity index (χ0) is 25.2. The van der Waals surface area contributed by atoms with Gasteiger partial charge < -0.3 is 25.2 Å². The lowest BCUT2D eigenvalue weighted by molar-refractivity contribution is -0.145. The van der Waals surface area contributed by atoms with Gasteiger partial charge in [-0.2, -0.15) is 0 Å². The highest BCUT2D eigenvalue weighted by molar-refractivity contribution is 5.98. The van der Waals surface area contributed by atoms with Crippen molar-refractivity contribution in [2.24, 2.45) is 0 Å². The van der Waals surface area contributed by atoms with Crippen LogP contribution in [0.4, 0.5) is 0 Å². The molecule has 2 atom stereocenters. The van der Waals surface area contributed by atoms with Crippen LogP contribution in [0.5, 0.6) is 11.5 Å². The molecule has 0 aliphatic heterocycles. The minimum atomic E-state index is -0.979. The lowest BCUT2D eigenvalue weighted by Crippen LogP contribution is -2.53. The van der Waals surface area contributed by atoms with Crippen LogP contribution in [-0.2, 0) is 27.2 Å². The Kier molecular flexibility index (Phi) is 8.83. The number of methoxy groups -OCH3 is 2. The number of phenolic OH excluding ortho intramolecular Hbond substituents is 1. The second-order valence-electron chi connectivity index (χ2n) is 7.90. The summed E-state index contributed by atoms with van der Waals surface area (Å²) in [5.41, 5.74) is 1.93. The van der Waals surface area contributed by atoms with E-state index in [-0.39, 0.29) is 18.6 Å². The highest BCUT2D eigenvalue weighted by Gasteiger charge is 2.28. The van der Waals surface area contributed by atoms with E-state index in [1.807, 2.05) is 30.3 Å². The fourth-order valence-corrected chi connectivity index (χ4v) is 3.52. The Morgan fingerprint density at radius 3 is 1.97 bits per heavy atom. The Morgan fingerprint density at radius 1 is 0.771 bits per heavy atom. The van der Waals surface area contributed by atoms with Crippen LogP contribution in [0.15, 0.2) is 78.9 Å². The Balaban J connectivity index is 1.79. The molecule has 0 saturated carbocycles. The van der Waals surface area contributed by atoms with Crippen molar-refractivity contribution in [3.8, 4) is 11.5 Å². The molecular formula is C27H28N2O6. The first-order valence-corrected chi connectivity index (χ1v) is 11.0. The van der Waals surface area contributed by atoms with Crippen molar-refractivity contribution < 1.29 is 29.0 Å². The normalized spacial score (nSPS) is 12.2. The number of carbonyl (C=O) groups excluding carboxylic acids is 3. The van der Waals surface area contributed by atoms with Gasteiger partial charge in [0.1, 0.15) is 23.6 Å². The van der Waals surface area contributed by atoms with Gasteiger partial charge in [-0.25, -0.2) is 4.79 Å². The Morgan fingerprint density at radius 2 is 1.37 bits per heavy atom. The van der Waals surface area contributed by atoms with E-state index in [1.54, 1.807) is 36.4 Å². The predicted octanol–water partition coefficient (Wildman–Crippen LogP) is 2.64. The number of amides is 2. The van der Waals surface area contributed by atoms with Crippen molar-refractivity contribution in [1.82, 2.24) is 10.6 Å². The molecular weight excluding hydrogens is 448 g/mol. The first-order chi connectivity index (χ1) is 16.9. The Bertz CT molecular complexity index is 1130. The molecule has 0 radical (unpaired) electrons. The molecule has 0 fully saturated rings. The molecule has 182 valence electrons. The molecule has 8 nitrogen and oxygen atoms in total. The number of hydrogen-bond acceptors (Lipinski definition) is 6. The predicted molar refractivity (Wildman–Crippen MR) is 130 cm³/mol. The fraction of sp³-hybridized carbons (Fsp3) is 0.222. The maximum absolute atomic E-state index is 13.3. The molecule has 3 aromatic rings. The average Bonchev–Trinajstić information content (AvgIpc) is 2.89.